The standard InChI is InChI=1S/C11H14BrN3OS/c1-3-4-15-9(10(13)14-11(15)16)8-5-7(12)6(2)17-8/h5,9H,3-4H2,1-2H3,(H2,13,14,16). The zero-order chi connectivity index (χ0) is 12.6. The molecular formula is C11H14BrN3OS. The van der Waals surface area contributed by atoms with Gasteiger partial charge in [0.25, 0.3) is 0 Å². The predicted molar refractivity (Wildman–Crippen MR) is 73.5 cm³/mol. The smallest absolute Gasteiger partial charge is 0.346 e. The van der Waals surface area contributed by atoms with Crippen LogP contribution in [0, 0.1) is 6.92 Å². The second kappa shape index (κ2) is 4.78. The van der Waals surface area contributed by atoms with Crippen LogP contribution in [-0.2, 0) is 0 Å². The zero-order valence-electron chi connectivity index (χ0n) is 9.74. The van der Waals surface area contributed by atoms with Gasteiger partial charge in [-0.25, -0.2) is 4.79 Å². The Balaban J connectivity index is 2.35. The highest BCUT2D eigenvalue weighted by atomic mass is 79.9. The Morgan fingerprint density at radius 3 is 2.88 bits per heavy atom. The normalized spacial score (nSPS) is 19.9. The largest absolute Gasteiger partial charge is 0.385 e. The number of halogens is 1. The minimum absolute atomic E-state index is 0.183. The molecule has 0 radical (unpaired) electrons. The van der Waals surface area contributed by atoms with Crippen molar-refractivity contribution in [3.05, 3.63) is 20.3 Å². The molecule has 6 heteroatoms. The van der Waals surface area contributed by atoms with Crippen molar-refractivity contribution in [1.82, 2.24) is 4.90 Å². The molecule has 4 nitrogen and oxygen atoms in total. The summed E-state index contributed by atoms with van der Waals surface area (Å²) in [7, 11) is 0. The quantitative estimate of drug-likeness (QED) is 0.931. The maximum absolute atomic E-state index is 11.7. The summed E-state index contributed by atoms with van der Waals surface area (Å²) in [5.74, 6) is 0.400. The molecule has 1 aromatic heterocycles. The summed E-state index contributed by atoms with van der Waals surface area (Å²) in [6.45, 7) is 4.75. The number of nitrogens with two attached hydrogens (primary N) is 1. The molecule has 92 valence electrons. The number of nitrogens with zero attached hydrogens (tertiary/aromatic N) is 2. The van der Waals surface area contributed by atoms with Crippen molar-refractivity contribution in [3.63, 3.8) is 0 Å². The van der Waals surface area contributed by atoms with Crippen molar-refractivity contribution in [3.8, 4) is 0 Å². The molecule has 2 amide bonds. The molecule has 0 aromatic carbocycles. The lowest BCUT2D eigenvalue weighted by atomic mass is 10.2. The number of amides is 2. The number of hydrogen-bond donors (Lipinski definition) is 1. The van der Waals surface area contributed by atoms with E-state index in [-0.39, 0.29) is 12.1 Å². The van der Waals surface area contributed by atoms with Gasteiger partial charge >= 0.3 is 6.03 Å². The van der Waals surface area contributed by atoms with Crippen LogP contribution >= 0.6 is 27.3 Å². The van der Waals surface area contributed by atoms with E-state index in [2.05, 4.69) is 20.9 Å². The van der Waals surface area contributed by atoms with Crippen molar-refractivity contribution < 1.29 is 4.79 Å². The molecular weight excluding hydrogens is 302 g/mol. The van der Waals surface area contributed by atoms with Crippen LogP contribution in [0.5, 0.6) is 0 Å². The van der Waals surface area contributed by atoms with Crippen LogP contribution in [0.4, 0.5) is 4.79 Å². The van der Waals surface area contributed by atoms with E-state index in [1.165, 1.54) is 4.88 Å². The molecule has 2 rings (SSSR count). The number of aryl methyl sites for hydroxylation is 1. The highest BCUT2D eigenvalue weighted by molar-refractivity contribution is 9.10. The molecule has 17 heavy (non-hydrogen) atoms. The Morgan fingerprint density at radius 2 is 2.35 bits per heavy atom. The van der Waals surface area contributed by atoms with E-state index >= 15 is 0 Å². The molecule has 1 aliphatic rings. The van der Waals surface area contributed by atoms with E-state index in [0.29, 0.717) is 12.4 Å². The first-order valence-corrected chi connectivity index (χ1v) is 7.06. The SMILES string of the molecule is CCCN1C(=O)N=C(N)C1c1cc(Br)c(C)s1. The highest BCUT2D eigenvalue weighted by Gasteiger charge is 2.35. The topological polar surface area (TPSA) is 58.7 Å². The third kappa shape index (κ3) is 2.24. The van der Waals surface area contributed by atoms with Crippen molar-refractivity contribution in [1.29, 1.82) is 0 Å². The zero-order valence-corrected chi connectivity index (χ0v) is 12.1. The molecule has 1 aromatic rings. The van der Waals surface area contributed by atoms with E-state index in [9.17, 15) is 4.79 Å². The van der Waals surface area contributed by atoms with Gasteiger partial charge in [-0.1, -0.05) is 6.92 Å². The van der Waals surface area contributed by atoms with Gasteiger partial charge in [-0.2, -0.15) is 4.99 Å². The summed E-state index contributed by atoms with van der Waals surface area (Å²) >= 11 is 5.13. The van der Waals surface area contributed by atoms with Gasteiger partial charge < -0.3 is 10.6 Å². The fourth-order valence-electron chi connectivity index (χ4n) is 1.89. The lowest BCUT2D eigenvalue weighted by Gasteiger charge is -2.22. The number of rotatable bonds is 3. The molecule has 0 saturated carbocycles. The Kier molecular flexibility index (Phi) is 3.53. The van der Waals surface area contributed by atoms with Crippen molar-refractivity contribution >= 4 is 39.1 Å². The average molecular weight is 316 g/mol. The second-order valence-electron chi connectivity index (χ2n) is 3.97. The Bertz CT molecular complexity index is 464. The molecule has 2 N–H and O–H groups in total. The van der Waals surface area contributed by atoms with Gasteiger partial charge in [0.1, 0.15) is 11.9 Å². The van der Waals surface area contributed by atoms with Crippen LogP contribution in [0.2, 0.25) is 0 Å². The number of carbonyl (C=O) groups is 1. The van der Waals surface area contributed by atoms with Gasteiger partial charge in [-0.15, -0.1) is 11.3 Å². The Labute approximate surface area is 113 Å². The molecule has 1 aliphatic heterocycles. The summed E-state index contributed by atoms with van der Waals surface area (Å²) in [4.78, 5) is 19.5. The van der Waals surface area contributed by atoms with Crippen molar-refractivity contribution in [2.75, 3.05) is 6.54 Å². The van der Waals surface area contributed by atoms with Gasteiger partial charge in [0.15, 0.2) is 0 Å². The first-order chi connectivity index (χ1) is 8.04. The minimum atomic E-state index is -0.225. The van der Waals surface area contributed by atoms with Crippen LogP contribution in [0.1, 0.15) is 29.1 Å². The van der Waals surface area contributed by atoms with E-state index < -0.39 is 0 Å². The summed E-state index contributed by atoms with van der Waals surface area (Å²) in [5.41, 5.74) is 5.86. The van der Waals surface area contributed by atoms with E-state index in [0.717, 1.165) is 15.8 Å². The molecule has 0 bridgehead atoms. The maximum atomic E-state index is 11.7. The maximum Gasteiger partial charge on any atom is 0.346 e. The Morgan fingerprint density at radius 1 is 1.65 bits per heavy atom. The predicted octanol–water partition coefficient (Wildman–Crippen LogP) is 3.06. The summed E-state index contributed by atoms with van der Waals surface area (Å²) in [6, 6.07) is 1.61. The van der Waals surface area contributed by atoms with Crippen LogP contribution in [-0.4, -0.2) is 23.3 Å². The summed E-state index contributed by atoms with van der Waals surface area (Å²) in [6.07, 6.45) is 0.899. The first-order valence-electron chi connectivity index (χ1n) is 5.45. The van der Waals surface area contributed by atoms with Crippen LogP contribution < -0.4 is 5.73 Å². The average Bonchev–Trinajstić information content (AvgIpc) is 2.70. The van der Waals surface area contributed by atoms with Gasteiger partial charge in [-0.05, 0) is 35.3 Å². The molecule has 1 atom stereocenters. The van der Waals surface area contributed by atoms with E-state index in [4.69, 9.17) is 5.73 Å². The van der Waals surface area contributed by atoms with Crippen molar-refractivity contribution in [2.24, 2.45) is 10.7 Å². The second-order valence-corrected chi connectivity index (χ2v) is 6.11. The highest BCUT2D eigenvalue weighted by Crippen LogP contribution is 2.35. The summed E-state index contributed by atoms with van der Waals surface area (Å²) < 4.78 is 1.06. The summed E-state index contributed by atoms with van der Waals surface area (Å²) in [5, 5.41) is 0. The fourth-order valence-corrected chi connectivity index (χ4v) is 3.57. The number of thiophene rings is 1. The number of carbonyl (C=O) groups excluding carboxylic acids is 1. The van der Waals surface area contributed by atoms with Gasteiger partial charge in [-0.3, -0.25) is 0 Å². The molecule has 0 aliphatic carbocycles. The number of aliphatic imine (C=N–C) groups is 1. The lowest BCUT2D eigenvalue weighted by Crippen LogP contribution is -2.33. The number of amidine groups is 1. The van der Waals surface area contributed by atoms with Crippen LogP contribution in [0.3, 0.4) is 0 Å². The van der Waals surface area contributed by atoms with E-state index in [1.54, 1.807) is 16.2 Å². The fraction of sp³-hybridized carbons (Fsp3) is 0.455. The number of hydrogen-bond acceptors (Lipinski definition) is 3. The molecule has 0 spiro atoms. The van der Waals surface area contributed by atoms with Gasteiger partial charge in [0.05, 0.1) is 0 Å². The molecule has 2 heterocycles. The number of urea groups is 1. The lowest BCUT2D eigenvalue weighted by molar-refractivity contribution is 0.207. The third-order valence-corrected chi connectivity index (χ3v) is 4.86. The monoisotopic (exact) mass is 315 g/mol. The van der Waals surface area contributed by atoms with Crippen LogP contribution in [0.15, 0.2) is 15.5 Å². The molecule has 0 fully saturated rings. The van der Waals surface area contributed by atoms with Gasteiger partial charge in [0, 0.05) is 20.8 Å². The molecule has 0 saturated heterocycles. The molecule has 1 unspecified atom stereocenters. The van der Waals surface area contributed by atoms with Crippen molar-refractivity contribution in [2.45, 2.75) is 26.3 Å². The first kappa shape index (κ1) is 12.6. The van der Waals surface area contributed by atoms with Crippen LogP contribution in [0.25, 0.3) is 0 Å². The Hall–Kier alpha value is -0.880. The van der Waals surface area contributed by atoms with Gasteiger partial charge in [0.2, 0.25) is 0 Å². The van der Waals surface area contributed by atoms with E-state index in [1.807, 2.05) is 19.9 Å². The third-order valence-electron chi connectivity index (χ3n) is 2.67. The minimum Gasteiger partial charge on any atom is -0.385 e.